The average molecular weight is 440 g/mol. The highest BCUT2D eigenvalue weighted by Crippen LogP contribution is 2.61. The maximum atomic E-state index is 6.08. The van der Waals surface area contributed by atoms with Gasteiger partial charge in [-0.3, -0.25) is 9.89 Å². The first-order valence-electron chi connectivity index (χ1n) is 9.13. The van der Waals surface area contributed by atoms with Crippen molar-refractivity contribution in [2.75, 3.05) is 26.2 Å². The third-order valence-corrected chi connectivity index (χ3v) is 6.10. The Bertz CT molecular complexity index is 603. The molecule has 1 saturated heterocycles. The molecule has 0 bridgehead atoms. The summed E-state index contributed by atoms with van der Waals surface area (Å²) in [5.74, 6) is 2.90. The predicted molar refractivity (Wildman–Crippen MR) is 110 cm³/mol. The molecule has 4 unspecified atom stereocenters. The number of benzene rings is 1. The van der Waals surface area contributed by atoms with E-state index in [1.807, 2.05) is 0 Å². The van der Waals surface area contributed by atoms with E-state index in [9.17, 15) is 0 Å². The number of hydrogen-bond acceptors (Lipinski definition) is 2. The van der Waals surface area contributed by atoms with E-state index in [-0.39, 0.29) is 24.0 Å². The quantitative estimate of drug-likeness (QED) is 0.421. The van der Waals surface area contributed by atoms with Gasteiger partial charge in [-0.05, 0) is 61.2 Å². The topological polar surface area (TPSA) is 53.6 Å². The van der Waals surface area contributed by atoms with E-state index in [1.54, 1.807) is 11.1 Å². The molecule has 5 heteroatoms. The molecule has 4 rings (SSSR count). The van der Waals surface area contributed by atoms with Gasteiger partial charge in [0.2, 0.25) is 0 Å². The van der Waals surface area contributed by atoms with Crippen molar-refractivity contribution < 1.29 is 0 Å². The highest BCUT2D eigenvalue weighted by molar-refractivity contribution is 14.0. The van der Waals surface area contributed by atoms with Crippen LogP contribution in [0.4, 0.5) is 0 Å². The molecule has 1 heterocycles. The molecule has 2 aliphatic carbocycles. The van der Waals surface area contributed by atoms with Crippen molar-refractivity contribution in [3.8, 4) is 0 Å². The van der Waals surface area contributed by atoms with E-state index in [0.29, 0.717) is 17.9 Å². The van der Waals surface area contributed by atoms with Crippen LogP contribution in [0.3, 0.4) is 0 Å². The second kappa shape index (κ2) is 7.60. The standard InChI is InChI=1S/C19H28N4.HI/c1-2-23-9-5-7-14(23)11-21-19(20)22-12-17-16-10-13-6-3-4-8-15(13)18(16)17;/h3-4,6,8,14,16-18H,2,5,7,9-12H2,1H3,(H3,20,21,22);1H. The lowest BCUT2D eigenvalue weighted by Gasteiger charge is -2.23. The Labute approximate surface area is 162 Å². The van der Waals surface area contributed by atoms with Crippen LogP contribution in [-0.4, -0.2) is 43.1 Å². The molecule has 1 aromatic rings. The summed E-state index contributed by atoms with van der Waals surface area (Å²) in [7, 11) is 0. The summed E-state index contributed by atoms with van der Waals surface area (Å²) >= 11 is 0. The number of nitrogens with zero attached hydrogens (tertiary/aromatic N) is 2. The Morgan fingerprint density at radius 3 is 3.04 bits per heavy atom. The van der Waals surface area contributed by atoms with Crippen molar-refractivity contribution in [3.05, 3.63) is 35.4 Å². The van der Waals surface area contributed by atoms with Gasteiger partial charge in [0, 0.05) is 19.1 Å². The van der Waals surface area contributed by atoms with E-state index in [4.69, 9.17) is 5.73 Å². The fourth-order valence-corrected chi connectivity index (χ4v) is 4.76. The fourth-order valence-electron chi connectivity index (χ4n) is 4.76. The van der Waals surface area contributed by atoms with Gasteiger partial charge in [-0.15, -0.1) is 24.0 Å². The second-order valence-corrected chi connectivity index (χ2v) is 7.29. The Hall–Kier alpha value is -0.820. The minimum atomic E-state index is 0. The lowest BCUT2D eigenvalue weighted by molar-refractivity contribution is 0.267. The maximum absolute atomic E-state index is 6.08. The van der Waals surface area contributed by atoms with Gasteiger partial charge in [-0.25, -0.2) is 0 Å². The number of hydrogen-bond donors (Lipinski definition) is 2. The summed E-state index contributed by atoms with van der Waals surface area (Å²) in [6.07, 6.45) is 3.82. The summed E-state index contributed by atoms with van der Waals surface area (Å²) in [5, 5.41) is 3.34. The molecule has 0 amide bonds. The molecule has 24 heavy (non-hydrogen) atoms. The summed E-state index contributed by atoms with van der Waals surface area (Å²) in [5.41, 5.74) is 9.19. The average Bonchev–Trinajstić information content (AvgIpc) is 2.93. The molecule has 1 saturated carbocycles. The van der Waals surface area contributed by atoms with Crippen molar-refractivity contribution in [3.63, 3.8) is 0 Å². The molecule has 4 nitrogen and oxygen atoms in total. The van der Waals surface area contributed by atoms with Crippen molar-refractivity contribution >= 4 is 29.9 Å². The highest BCUT2D eigenvalue weighted by atomic mass is 127. The van der Waals surface area contributed by atoms with Gasteiger partial charge in [0.25, 0.3) is 0 Å². The Morgan fingerprint density at radius 1 is 1.38 bits per heavy atom. The number of guanidine groups is 1. The van der Waals surface area contributed by atoms with E-state index in [0.717, 1.165) is 31.5 Å². The van der Waals surface area contributed by atoms with Crippen molar-refractivity contribution in [2.45, 2.75) is 38.1 Å². The third-order valence-electron chi connectivity index (χ3n) is 6.10. The number of likely N-dealkylation sites (tertiary alicyclic amines) is 1. The van der Waals surface area contributed by atoms with E-state index < -0.39 is 0 Å². The summed E-state index contributed by atoms with van der Waals surface area (Å²) in [4.78, 5) is 7.15. The number of nitrogens with one attached hydrogen (secondary N) is 1. The van der Waals surface area contributed by atoms with Crippen LogP contribution >= 0.6 is 24.0 Å². The van der Waals surface area contributed by atoms with Gasteiger partial charge in [-0.2, -0.15) is 0 Å². The highest BCUT2D eigenvalue weighted by Gasteiger charge is 2.54. The van der Waals surface area contributed by atoms with E-state index in [2.05, 4.69) is 46.4 Å². The van der Waals surface area contributed by atoms with Crippen LogP contribution in [-0.2, 0) is 6.42 Å². The molecule has 4 atom stereocenters. The lowest BCUT2D eigenvalue weighted by Crippen LogP contribution is -2.42. The molecule has 0 radical (unpaired) electrons. The Kier molecular flexibility index (Phi) is 5.70. The second-order valence-electron chi connectivity index (χ2n) is 7.29. The van der Waals surface area contributed by atoms with Crippen LogP contribution in [0, 0.1) is 11.8 Å². The normalized spacial score (nSPS) is 31.3. The first-order valence-corrected chi connectivity index (χ1v) is 9.13. The zero-order valence-electron chi connectivity index (χ0n) is 14.4. The van der Waals surface area contributed by atoms with Crippen LogP contribution in [0.2, 0.25) is 0 Å². The van der Waals surface area contributed by atoms with Crippen molar-refractivity contribution in [1.29, 1.82) is 0 Å². The number of halogens is 1. The van der Waals surface area contributed by atoms with Crippen LogP contribution in [0.15, 0.2) is 29.3 Å². The van der Waals surface area contributed by atoms with Gasteiger partial charge in [-0.1, -0.05) is 31.2 Å². The number of rotatable bonds is 5. The molecule has 1 aliphatic heterocycles. The zero-order chi connectivity index (χ0) is 15.8. The molecule has 2 fully saturated rings. The largest absolute Gasteiger partial charge is 0.370 e. The van der Waals surface area contributed by atoms with Gasteiger partial charge < -0.3 is 11.1 Å². The maximum Gasteiger partial charge on any atom is 0.188 e. The number of likely N-dealkylation sites (N-methyl/N-ethyl adjacent to an activating group) is 1. The summed E-state index contributed by atoms with van der Waals surface area (Å²) in [6.45, 7) is 6.41. The Balaban J connectivity index is 0.00000169. The lowest BCUT2D eigenvalue weighted by atomic mass is 10.0. The minimum absolute atomic E-state index is 0. The smallest absolute Gasteiger partial charge is 0.188 e. The van der Waals surface area contributed by atoms with E-state index in [1.165, 1.54) is 25.8 Å². The van der Waals surface area contributed by atoms with Gasteiger partial charge in [0.15, 0.2) is 5.96 Å². The molecule has 0 aromatic heterocycles. The molecule has 0 spiro atoms. The Morgan fingerprint density at radius 2 is 2.21 bits per heavy atom. The first-order chi connectivity index (χ1) is 11.3. The molecule has 132 valence electrons. The minimum Gasteiger partial charge on any atom is -0.370 e. The first kappa shape index (κ1) is 18.0. The summed E-state index contributed by atoms with van der Waals surface area (Å²) in [6, 6.07) is 9.52. The summed E-state index contributed by atoms with van der Waals surface area (Å²) < 4.78 is 0. The number of nitrogens with two attached hydrogens (primary N) is 1. The molecule has 1 aromatic carbocycles. The molecular formula is C19H29IN4. The zero-order valence-corrected chi connectivity index (χ0v) is 16.8. The van der Waals surface area contributed by atoms with E-state index >= 15 is 0 Å². The SMILES string of the molecule is CCN1CCCC1CNC(N)=NCC1C2Cc3ccccc3C12.I. The monoisotopic (exact) mass is 440 g/mol. The van der Waals surface area contributed by atoms with Gasteiger partial charge in [0.1, 0.15) is 0 Å². The number of aliphatic imine (C=N–C) groups is 1. The van der Waals surface area contributed by atoms with Crippen LogP contribution in [0.5, 0.6) is 0 Å². The van der Waals surface area contributed by atoms with Crippen LogP contribution < -0.4 is 11.1 Å². The predicted octanol–water partition coefficient (Wildman–Crippen LogP) is 2.58. The third kappa shape index (κ3) is 3.43. The molecule has 3 aliphatic rings. The van der Waals surface area contributed by atoms with Crippen molar-refractivity contribution in [1.82, 2.24) is 10.2 Å². The van der Waals surface area contributed by atoms with Crippen LogP contribution in [0.25, 0.3) is 0 Å². The number of fused-ring (bicyclic) bond motifs is 3. The molecular weight excluding hydrogens is 411 g/mol. The molecule has 3 N–H and O–H groups in total. The van der Waals surface area contributed by atoms with Gasteiger partial charge in [0.05, 0.1) is 0 Å². The van der Waals surface area contributed by atoms with Crippen molar-refractivity contribution in [2.24, 2.45) is 22.6 Å². The van der Waals surface area contributed by atoms with Gasteiger partial charge >= 0.3 is 0 Å². The fraction of sp³-hybridized carbons (Fsp3) is 0.632. The van der Waals surface area contributed by atoms with Crippen LogP contribution in [0.1, 0.15) is 36.8 Å².